The zero-order valence-electron chi connectivity index (χ0n) is 7.56. The predicted molar refractivity (Wildman–Crippen MR) is 56.5 cm³/mol. The Bertz CT molecular complexity index is 474. The van der Waals surface area contributed by atoms with E-state index in [-0.39, 0.29) is 17.4 Å². The molecule has 0 aromatic carbocycles. The van der Waals surface area contributed by atoms with E-state index in [0.717, 1.165) is 0 Å². The first-order valence-electron chi connectivity index (χ1n) is 4.12. The zero-order chi connectivity index (χ0) is 10.8. The van der Waals surface area contributed by atoms with Crippen LogP contribution >= 0.6 is 11.3 Å². The zero-order valence-corrected chi connectivity index (χ0v) is 8.38. The second kappa shape index (κ2) is 3.66. The van der Waals surface area contributed by atoms with Crippen molar-refractivity contribution in [1.82, 2.24) is 5.32 Å². The van der Waals surface area contributed by atoms with Gasteiger partial charge >= 0.3 is 0 Å². The Hall–Kier alpha value is -1.95. The van der Waals surface area contributed by atoms with Gasteiger partial charge in [0.2, 0.25) is 5.96 Å². The van der Waals surface area contributed by atoms with Crippen LogP contribution in [0.5, 0.6) is 0 Å². The van der Waals surface area contributed by atoms with Gasteiger partial charge in [-0.2, -0.15) is 0 Å². The van der Waals surface area contributed by atoms with Crippen LogP contribution in [0.25, 0.3) is 0 Å². The summed E-state index contributed by atoms with van der Waals surface area (Å²) in [7, 11) is 0. The van der Waals surface area contributed by atoms with E-state index in [1.165, 1.54) is 17.4 Å². The average molecular weight is 221 g/mol. The van der Waals surface area contributed by atoms with Crippen LogP contribution in [0.4, 0.5) is 0 Å². The van der Waals surface area contributed by atoms with Gasteiger partial charge in [-0.1, -0.05) is 6.07 Å². The Morgan fingerprint density at radius 2 is 2.40 bits per heavy atom. The van der Waals surface area contributed by atoms with Crippen molar-refractivity contribution in [1.29, 1.82) is 0 Å². The molecule has 2 rings (SSSR count). The maximum atomic E-state index is 11.6. The summed E-state index contributed by atoms with van der Waals surface area (Å²) in [5, 5.41) is 4.08. The van der Waals surface area contributed by atoms with E-state index in [1.807, 2.05) is 0 Å². The molecule has 0 bridgehead atoms. The highest BCUT2D eigenvalue weighted by Gasteiger charge is 2.19. The van der Waals surface area contributed by atoms with E-state index in [1.54, 1.807) is 17.5 Å². The number of thiophene rings is 1. The van der Waals surface area contributed by atoms with Crippen molar-refractivity contribution in [3.05, 3.63) is 34.2 Å². The molecule has 0 radical (unpaired) electrons. The van der Waals surface area contributed by atoms with Crippen molar-refractivity contribution < 1.29 is 9.59 Å². The first-order chi connectivity index (χ1) is 7.16. The molecule has 0 aliphatic carbocycles. The Morgan fingerprint density at radius 3 is 2.93 bits per heavy atom. The molecule has 1 aromatic heterocycles. The van der Waals surface area contributed by atoms with Gasteiger partial charge in [-0.05, 0) is 11.4 Å². The number of guanidine groups is 1. The van der Waals surface area contributed by atoms with E-state index in [9.17, 15) is 9.59 Å². The van der Waals surface area contributed by atoms with Crippen LogP contribution in [-0.2, 0) is 4.79 Å². The quantitative estimate of drug-likeness (QED) is 0.555. The van der Waals surface area contributed by atoms with Gasteiger partial charge in [0.05, 0.1) is 4.88 Å². The van der Waals surface area contributed by atoms with Crippen molar-refractivity contribution in [3.8, 4) is 0 Å². The molecule has 0 saturated carbocycles. The van der Waals surface area contributed by atoms with Crippen LogP contribution in [0.2, 0.25) is 0 Å². The van der Waals surface area contributed by atoms with Crippen LogP contribution in [0.15, 0.2) is 34.3 Å². The summed E-state index contributed by atoms with van der Waals surface area (Å²) >= 11 is 1.31. The third-order valence-electron chi connectivity index (χ3n) is 1.75. The summed E-state index contributed by atoms with van der Waals surface area (Å²) < 4.78 is 0. The number of amides is 1. The number of nitrogens with one attached hydrogen (secondary N) is 1. The molecule has 0 unspecified atom stereocenters. The molecule has 1 aliphatic heterocycles. The second-order valence-electron chi connectivity index (χ2n) is 2.82. The number of nitrogens with zero attached hydrogens (tertiary/aromatic N) is 1. The van der Waals surface area contributed by atoms with Crippen molar-refractivity contribution in [3.63, 3.8) is 0 Å². The van der Waals surface area contributed by atoms with Crippen LogP contribution in [-0.4, -0.2) is 17.6 Å². The van der Waals surface area contributed by atoms with E-state index in [0.29, 0.717) is 4.88 Å². The van der Waals surface area contributed by atoms with Crippen molar-refractivity contribution in [2.45, 2.75) is 0 Å². The monoisotopic (exact) mass is 221 g/mol. The van der Waals surface area contributed by atoms with Gasteiger partial charge in [0.25, 0.3) is 5.91 Å². The molecule has 1 aliphatic rings. The first kappa shape index (κ1) is 9.60. The highest BCUT2D eigenvalue weighted by Crippen LogP contribution is 2.12. The molecule has 5 nitrogen and oxygen atoms in total. The van der Waals surface area contributed by atoms with Gasteiger partial charge in [-0.15, -0.1) is 11.3 Å². The van der Waals surface area contributed by atoms with Gasteiger partial charge in [-0.3, -0.25) is 14.9 Å². The number of carbonyl (C=O) groups excluding carboxylic acids is 2. The normalized spacial score (nSPS) is 17.7. The lowest BCUT2D eigenvalue weighted by Gasteiger charge is -1.90. The Labute approximate surface area is 89.3 Å². The minimum atomic E-state index is -0.447. The molecular formula is C9H7N3O2S. The number of hydrogen-bond acceptors (Lipinski definition) is 5. The molecule has 0 spiro atoms. The van der Waals surface area contributed by atoms with E-state index < -0.39 is 5.91 Å². The second-order valence-corrected chi connectivity index (χ2v) is 3.77. The van der Waals surface area contributed by atoms with Crippen molar-refractivity contribution >= 4 is 29.0 Å². The van der Waals surface area contributed by atoms with Crippen LogP contribution < -0.4 is 11.1 Å². The number of ketones is 1. The molecule has 0 fully saturated rings. The number of rotatable bonds is 2. The fraction of sp³-hybridized carbons (Fsp3) is 0. The van der Waals surface area contributed by atoms with Crippen LogP contribution in [0.3, 0.4) is 0 Å². The average Bonchev–Trinajstić information content (AvgIpc) is 2.76. The van der Waals surface area contributed by atoms with E-state index in [2.05, 4.69) is 10.3 Å². The standard InChI is InChI=1S/C9H7N3O2S/c10-9-11-5(8(14)12-9)4-6(13)7-2-1-3-15-7/h1-4H,(H3,10,11,12,14). The van der Waals surface area contributed by atoms with Gasteiger partial charge in [0, 0.05) is 6.08 Å². The molecule has 76 valence electrons. The molecular weight excluding hydrogens is 214 g/mol. The van der Waals surface area contributed by atoms with Gasteiger partial charge < -0.3 is 5.73 Å². The fourth-order valence-corrected chi connectivity index (χ4v) is 1.74. The molecule has 2 heterocycles. The van der Waals surface area contributed by atoms with E-state index >= 15 is 0 Å². The fourth-order valence-electron chi connectivity index (χ4n) is 1.10. The molecule has 0 saturated heterocycles. The lowest BCUT2D eigenvalue weighted by Crippen LogP contribution is -2.30. The van der Waals surface area contributed by atoms with Gasteiger partial charge in [0.15, 0.2) is 5.78 Å². The summed E-state index contributed by atoms with van der Waals surface area (Å²) in [6.45, 7) is 0. The predicted octanol–water partition coefficient (Wildman–Crippen LogP) is 0.259. The van der Waals surface area contributed by atoms with Crippen molar-refractivity contribution in [2.24, 2.45) is 10.7 Å². The number of carbonyl (C=O) groups is 2. The molecule has 1 amide bonds. The minimum absolute atomic E-state index is 0.0187. The third kappa shape index (κ3) is 1.94. The summed E-state index contributed by atoms with van der Waals surface area (Å²) in [4.78, 5) is 27.0. The number of hydrogen-bond donors (Lipinski definition) is 2. The molecule has 3 N–H and O–H groups in total. The SMILES string of the molecule is NC1=NC(=CC(=O)c2cccs2)C(=O)N1. The summed E-state index contributed by atoms with van der Waals surface area (Å²) in [5.74, 6) is -0.670. The largest absolute Gasteiger partial charge is 0.369 e. The third-order valence-corrected chi connectivity index (χ3v) is 2.63. The topological polar surface area (TPSA) is 84.5 Å². The Kier molecular flexibility index (Phi) is 2.34. The Morgan fingerprint density at radius 1 is 1.60 bits per heavy atom. The van der Waals surface area contributed by atoms with Crippen molar-refractivity contribution in [2.75, 3.05) is 0 Å². The highest BCUT2D eigenvalue weighted by atomic mass is 32.1. The van der Waals surface area contributed by atoms with Gasteiger partial charge in [0.1, 0.15) is 5.70 Å². The summed E-state index contributed by atoms with van der Waals surface area (Å²) in [5.41, 5.74) is 5.33. The van der Waals surface area contributed by atoms with Gasteiger partial charge in [-0.25, -0.2) is 4.99 Å². The number of nitrogens with two attached hydrogens (primary N) is 1. The van der Waals surface area contributed by atoms with E-state index in [4.69, 9.17) is 5.73 Å². The maximum absolute atomic E-state index is 11.6. The van der Waals surface area contributed by atoms with Crippen LogP contribution in [0, 0.1) is 0 Å². The smallest absolute Gasteiger partial charge is 0.276 e. The lowest BCUT2D eigenvalue weighted by atomic mass is 10.2. The highest BCUT2D eigenvalue weighted by molar-refractivity contribution is 7.12. The molecule has 0 atom stereocenters. The molecule has 6 heteroatoms. The maximum Gasteiger partial charge on any atom is 0.276 e. The minimum Gasteiger partial charge on any atom is -0.369 e. The summed E-state index contributed by atoms with van der Waals surface area (Å²) in [6, 6.07) is 3.45. The lowest BCUT2D eigenvalue weighted by molar-refractivity contribution is -0.115. The number of aliphatic imine (C=N–C) groups is 1. The number of allylic oxidation sites excluding steroid dienone is 1. The molecule has 15 heavy (non-hydrogen) atoms. The Balaban J connectivity index is 2.25. The van der Waals surface area contributed by atoms with Crippen LogP contribution in [0.1, 0.15) is 9.67 Å². The summed E-state index contributed by atoms with van der Waals surface area (Å²) in [6.07, 6.45) is 1.18. The first-order valence-corrected chi connectivity index (χ1v) is 5.00. The molecule has 1 aromatic rings.